The van der Waals surface area contributed by atoms with Gasteiger partial charge in [-0.25, -0.2) is 0 Å². The SMILES string of the molecule is N#Cc1cc([C@H]2CCCN2)cs1. The minimum absolute atomic E-state index is 0.503. The summed E-state index contributed by atoms with van der Waals surface area (Å²) in [5.41, 5.74) is 1.29. The van der Waals surface area contributed by atoms with Gasteiger partial charge in [-0.05, 0) is 36.4 Å². The van der Waals surface area contributed by atoms with E-state index in [1.165, 1.54) is 29.7 Å². The molecule has 2 rings (SSSR count). The van der Waals surface area contributed by atoms with Crippen molar-refractivity contribution < 1.29 is 0 Å². The molecule has 0 amide bonds. The molecule has 1 N–H and O–H groups in total. The van der Waals surface area contributed by atoms with Crippen molar-refractivity contribution >= 4 is 11.3 Å². The molecule has 1 fully saturated rings. The van der Waals surface area contributed by atoms with Crippen molar-refractivity contribution in [1.82, 2.24) is 5.32 Å². The first-order valence-electron chi connectivity index (χ1n) is 4.12. The van der Waals surface area contributed by atoms with Crippen LogP contribution >= 0.6 is 11.3 Å². The molecule has 2 nitrogen and oxygen atoms in total. The molecule has 1 saturated heterocycles. The van der Waals surface area contributed by atoms with Crippen LogP contribution in [0.1, 0.15) is 29.3 Å². The Balaban J connectivity index is 2.17. The summed E-state index contributed by atoms with van der Waals surface area (Å²) in [4.78, 5) is 0.818. The molecule has 0 bridgehead atoms. The lowest BCUT2D eigenvalue weighted by molar-refractivity contribution is 0.650. The largest absolute Gasteiger partial charge is 0.310 e. The molecule has 2 heterocycles. The Labute approximate surface area is 75.8 Å². The standard InChI is InChI=1S/C9H10N2S/c10-5-8-4-7(6-12-8)9-2-1-3-11-9/h4,6,9,11H,1-3H2/t9-/m1/s1. The highest BCUT2D eigenvalue weighted by Gasteiger charge is 2.16. The normalized spacial score (nSPS) is 22.4. The van der Waals surface area contributed by atoms with E-state index in [2.05, 4.69) is 16.8 Å². The van der Waals surface area contributed by atoms with Crippen molar-refractivity contribution in [1.29, 1.82) is 5.26 Å². The van der Waals surface area contributed by atoms with Crippen LogP contribution in [0.2, 0.25) is 0 Å². The van der Waals surface area contributed by atoms with E-state index in [-0.39, 0.29) is 0 Å². The summed E-state index contributed by atoms with van der Waals surface area (Å²) in [6.07, 6.45) is 2.46. The molecule has 0 radical (unpaired) electrons. The number of nitrogens with one attached hydrogen (secondary N) is 1. The molecule has 1 aromatic heterocycles. The van der Waals surface area contributed by atoms with Crippen LogP contribution < -0.4 is 5.32 Å². The van der Waals surface area contributed by atoms with E-state index in [9.17, 15) is 0 Å². The van der Waals surface area contributed by atoms with Crippen molar-refractivity contribution in [3.8, 4) is 6.07 Å². The van der Waals surface area contributed by atoms with Gasteiger partial charge in [0.1, 0.15) is 10.9 Å². The second-order valence-corrected chi connectivity index (χ2v) is 3.92. The number of thiophene rings is 1. The van der Waals surface area contributed by atoms with Crippen LogP contribution in [0.5, 0.6) is 0 Å². The third-order valence-corrected chi connectivity index (χ3v) is 3.05. The monoisotopic (exact) mass is 178 g/mol. The highest BCUT2D eigenvalue weighted by atomic mass is 32.1. The third-order valence-electron chi connectivity index (χ3n) is 2.19. The van der Waals surface area contributed by atoms with Crippen LogP contribution in [0.15, 0.2) is 11.4 Å². The minimum Gasteiger partial charge on any atom is -0.310 e. The number of rotatable bonds is 1. The maximum absolute atomic E-state index is 8.63. The van der Waals surface area contributed by atoms with E-state index in [4.69, 9.17) is 5.26 Å². The number of nitrogens with zero attached hydrogens (tertiary/aromatic N) is 1. The summed E-state index contributed by atoms with van der Waals surface area (Å²) in [7, 11) is 0. The molecular formula is C9H10N2S. The molecule has 0 aromatic carbocycles. The highest BCUT2D eigenvalue weighted by Crippen LogP contribution is 2.26. The average Bonchev–Trinajstić information content (AvgIpc) is 2.75. The predicted octanol–water partition coefficient (Wildman–Crippen LogP) is 2.04. The third kappa shape index (κ3) is 1.36. The van der Waals surface area contributed by atoms with Gasteiger partial charge in [0.25, 0.3) is 0 Å². The summed E-state index contributed by atoms with van der Waals surface area (Å²) in [5, 5.41) is 14.1. The Morgan fingerprint density at radius 2 is 2.58 bits per heavy atom. The number of hydrogen-bond acceptors (Lipinski definition) is 3. The van der Waals surface area contributed by atoms with Gasteiger partial charge in [-0.1, -0.05) is 0 Å². The fourth-order valence-electron chi connectivity index (χ4n) is 1.56. The fourth-order valence-corrected chi connectivity index (χ4v) is 2.31. The molecule has 62 valence electrons. The molecule has 0 saturated carbocycles. The number of hydrogen-bond donors (Lipinski definition) is 1. The summed E-state index contributed by atoms with van der Waals surface area (Å²) in [6, 6.07) is 4.66. The van der Waals surface area contributed by atoms with E-state index < -0.39 is 0 Å². The Morgan fingerprint density at radius 1 is 1.67 bits per heavy atom. The summed E-state index contributed by atoms with van der Waals surface area (Å²) < 4.78 is 0. The van der Waals surface area contributed by atoms with Gasteiger partial charge in [-0.3, -0.25) is 0 Å². The van der Waals surface area contributed by atoms with E-state index in [0.29, 0.717) is 6.04 Å². The molecule has 1 aliphatic rings. The van der Waals surface area contributed by atoms with E-state index in [1.807, 2.05) is 6.07 Å². The lowest BCUT2D eigenvalue weighted by Crippen LogP contribution is -2.11. The Hall–Kier alpha value is -0.850. The maximum atomic E-state index is 8.63. The van der Waals surface area contributed by atoms with Gasteiger partial charge in [0.15, 0.2) is 0 Å². The molecule has 0 unspecified atom stereocenters. The Bertz CT molecular complexity index is 305. The van der Waals surface area contributed by atoms with Crippen molar-refractivity contribution in [2.24, 2.45) is 0 Å². The van der Waals surface area contributed by atoms with Gasteiger partial charge in [0.2, 0.25) is 0 Å². The first-order valence-corrected chi connectivity index (χ1v) is 5.00. The van der Waals surface area contributed by atoms with E-state index >= 15 is 0 Å². The fraction of sp³-hybridized carbons (Fsp3) is 0.444. The first kappa shape index (κ1) is 7.78. The van der Waals surface area contributed by atoms with Gasteiger partial charge < -0.3 is 5.32 Å². The van der Waals surface area contributed by atoms with Crippen LogP contribution in [0.4, 0.5) is 0 Å². The summed E-state index contributed by atoms with van der Waals surface area (Å²) >= 11 is 1.54. The van der Waals surface area contributed by atoms with Gasteiger partial charge in [0, 0.05) is 6.04 Å². The van der Waals surface area contributed by atoms with Crippen LogP contribution in [-0.2, 0) is 0 Å². The summed E-state index contributed by atoms with van der Waals surface area (Å²) in [6.45, 7) is 1.11. The zero-order chi connectivity index (χ0) is 8.39. The molecule has 0 spiro atoms. The molecule has 1 aromatic rings. The van der Waals surface area contributed by atoms with Crippen LogP contribution in [-0.4, -0.2) is 6.54 Å². The number of nitriles is 1. The van der Waals surface area contributed by atoms with E-state index in [1.54, 1.807) is 0 Å². The molecule has 1 atom stereocenters. The Kier molecular flexibility index (Phi) is 2.11. The lowest BCUT2D eigenvalue weighted by Gasteiger charge is -2.05. The van der Waals surface area contributed by atoms with Crippen molar-refractivity contribution in [2.45, 2.75) is 18.9 Å². The van der Waals surface area contributed by atoms with Gasteiger partial charge in [0.05, 0.1) is 0 Å². The second-order valence-electron chi connectivity index (χ2n) is 3.01. The Morgan fingerprint density at radius 3 is 3.17 bits per heavy atom. The quantitative estimate of drug-likeness (QED) is 0.714. The minimum atomic E-state index is 0.503. The van der Waals surface area contributed by atoms with E-state index in [0.717, 1.165) is 11.4 Å². The zero-order valence-electron chi connectivity index (χ0n) is 6.71. The first-order chi connectivity index (χ1) is 5.90. The van der Waals surface area contributed by atoms with Crippen molar-refractivity contribution in [2.75, 3.05) is 6.54 Å². The summed E-state index contributed by atoms with van der Waals surface area (Å²) in [5.74, 6) is 0. The maximum Gasteiger partial charge on any atom is 0.110 e. The zero-order valence-corrected chi connectivity index (χ0v) is 7.53. The van der Waals surface area contributed by atoms with Crippen LogP contribution in [0.25, 0.3) is 0 Å². The van der Waals surface area contributed by atoms with Crippen molar-refractivity contribution in [3.63, 3.8) is 0 Å². The molecule has 1 aliphatic heterocycles. The van der Waals surface area contributed by atoms with Crippen LogP contribution in [0.3, 0.4) is 0 Å². The molecule has 3 heteroatoms. The average molecular weight is 178 g/mol. The highest BCUT2D eigenvalue weighted by molar-refractivity contribution is 7.10. The molecule has 12 heavy (non-hydrogen) atoms. The van der Waals surface area contributed by atoms with Gasteiger partial charge in [-0.15, -0.1) is 11.3 Å². The van der Waals surface area contributed by atoms with Crippen molar-refractivity contribution in [3.05, 3.63) is 21.9 Å². The smallest absolute Gasteiger partial charge is 0.110 e. The lowest BCUT2D eigenvalue weighted by atomic mass is 10.1. The molecule has 0 aliphatic carbocycles. The van der Waals surface area contributed by atoms with Gasteiger partial charge >= 0.3 is 0 Å². The van der Waals surface area contributed by atoms with Crippen LogP contribution in [0, 0.1) is 11.3 Å². The second kappa shape index (κ2) is 3.26. The topological polar surface area (TPSA) is 35.8 Å². The predicted molar refractivity (Wildman–Crippen MR) is 49.0 cm³/mol. The molecular weight excluding hydrogens is 168 g/mol. The van der Waals surface area contributed by atoms with Gasteiger partial charge in [-0.2, -0.15) is 5.26 Å².